The van der Waals surface area contributed by atoms with Crippen LogP contribution in [0.1, 0.15) is 27.6 Å². The van der Waals surface area contributed by atoms with Crippen molar-refractivity contribution >= 4 is 28.4 Å². The summed E-state index contributed by atoms with van der Waals surface area (Å²) in [6, 6.07) is 9.73. The number of benzene rings is 2. The maximum Gasteiger partial charge on any atom is 0.254 e. The number of amides is 1. The number of carbonyl (C=O) groups is 2. The Balaban J connectivity index is 1.45. The van der Waals surface area contributed by atoms with Crippen molar-refractivity contribution in [1.82, 2.24) is 20.3 Å². The van der Waals surface area contributed by atoms with Crippen molar-refractivity contribution in [2.75, 3.05) is 31.1 Å². The van der Waals surface area contributed by atoms with Crippen LogP contribution in [0.15, 0.2) is 36.4 Å². The number of nitrogens with one attached hydrogen (secondary N) is 1. The summed E-state index contributed by atoms with van der Waals surface area (Å²) in [5, 5.41) is 10.5. The number of anilines is 1. The molecule has 3 aromatic rings. The fraction of sp³-hybridized carbons (Fsp3) is 0.263. The highest BCUT2D eigenvalue weighted by atomic mass is 19.1. The van der Waals surface area contributed by atoms with Crippen LogP contribution in [0.2, 0.25) is 0 Å². The van der Waals surface area contributed by atoms with Gasteiger partial charge in [-0.2, -0.15) is 15.4 Å². The number of halogens is 1. The summed E-state index contributed by atoms with van der Waals surface area (Å²) in [5.74, 6) is -0.661. The zero-order valence-corrected chi connectivity index (χ0v) is 14.8. The molecule has 1 aliphatic rings. The second-order valence-corrected chi connectivity index (χ2v) is 6.53. The van der Waals surface area contributed by atoms with Gasteiger partial charge >= 0.3 is 0 Å². The molecular formula is C19H18FN5O2. The number of rotatable bonds is 3. The maximum absolute atomic E-state index is 14.3. The van der Waals surface area contributed by atoms with Gasteiger partial charge in [-0.05, 0) is 43.3 Å². The Kier molecular flexibility index (Phi) is 4.31. The Labute approximate surface area is 154 Å². The molecule has 0 saturated carbocycles. The average Bonchev–Trinajstić information content (AvgIpc) is 3.15. The van der Waals surface area contributed by atoms with Gasteiger partial charge in [0.15, 0.2) is 5.78 Å². The van der Waals surface area contributed by atoms with Gasteiger partial charge < -0.3 is 9.80 Å². The second-order valence-electron chi connectivity index (χ2n) is 6.53. The van der Waals surface area contributed by atoms with Crippen LogP contribution in [-0.4, -0.2) is 58.2 Å². The molecule has 0 spiro atoms. The first-order valence-electron chi connectivity index (χ1n) is 8.68. The third-order valence-corrected chi connectivity index (χ3v) is 4.83. The number of piperazine rings is 1. The molecule has 138 valence electrons. The highest BCUT2D eigenvalue weighted by Crippen LogP contribution is 2.23. The van der Waals surface area contributed by atoms with E-state index in [0.29, 0.717) is 54.0 Å². The SMILES string of the molecule is CC(=O)c1ccc(N2CCN(C(=O)c3ccc4n[nH]nc4c3)CC2)c(F)c1. The summed E-state index contributed by atoms with van der Waals surface area (Å²) in [7, 11) is 0. The maximum atomic E-state index is 14.3. The number of hydrogen-bond acceptors (Lipinski definition) is 5. The summed E-state index contributed by atoms with van der Waals surface area (Å²) < 4.78 is 14.3. The van der Waals surface area contributed by atoms with Crippen LogP contribution in [-0.2, 0) is 0 Å². The van der Waals surface area contributed by atoms with E-state index in [1.165, 1.54) is 13.0 Å². The van der Waals surface area contributed by atoms with Gasteiger partial charge in [0.2, 0.25) is 0 Å². The summed E-state index contributed by atoms with van der Waals surface area (Å²) >= 11 is 0. The largest absolute Gasteiger partial charge is 0.366 e. The van der Waals surface area contributed by atoms with Crippen molar-refractivity contribution in [2.24, 2.45) is 0 Å². The number of aromatic amines is 1. The first-order valence-corrected chi connectivity index (χ1v) is 8.68. The van der Waals surface area contributed by atoms with E-state index in [1.807, 2.05) is 4.90 Å². The van der Waals surface area contributed by atoms with Crippen molar-refractivity contribution in [3.8, 4) is 0 Å². The third-order valence-electron chi connectivity index (χ3n) is 4.83. The molecule has 2 heterocycles. The number of H-pyrrole nitrogens is 1. The van der Waals surface area contributed by atoms with Crippen LogP contribution < -0.4 is 4.90 Å². The minimum Gasteiger partial charge on any atom is -0.366 e. The van der Waals surface area contributed by atoms with Crippen LogP contribution in [0.5, 0.6) is 0 Å². The lowest BCUT2D eigenvalue weighted by molar-refractivity contribution is 0.0746. The molecule has 0 bridgehead atoms. The molecule has 8 heteroatoms. The van der Waals surface area contributed by atoms with Crippen LogP contribution >= 0.6 is 0 Å². The van der Waals surface area contributed by atoms with Crippen molar-refractivity contribution in [1.29, 1.82) is 0 Å². The predicted octanol–water partition coefficient (Wildman–Crippen LogP) is 2.26. The number of aromatic nitrogens is 3. The van der Waals surface area contributed by atoms with Gasteiger partial charge in [0.25, 0.3) is 5.91 Å². The van der Waals surface area contributed by atoms with Crippen molar-refractivity contribution in [3.63, 3.8) is 0 Å². The molecule has 1 fully saturated rings. The minimum atomic E-state index is -0.418. The first kappa shape index (κ1) is 17.1. The van der Waals surface area contributed by atoms with Crippen molar-refractivity contribution < 1.29 is 14.0 Å². The number of hydrogen-bond donors (Lipinski definition) is 1. The van der Waals surface area contributed by atoms with E-state index >= 15 is 0 Å². The Hall–Kier alpha value is -3.29. The first-order chi connectivity index (χ1) is 13.0. The lowest BCUT2D eigenvalue weighted by atomic mass is 10.1. The van der Waals surface area contributed by atoms with E-state index in [2.05, 4.69) is 15.4 Å². The zero-order valence-electron chi connectivity index (χ0n) is 14.8. The monoisotopic (exact) mass is 367 g/mol. The van der Waals surface area contributed by atoms with Crippen LogP contribution in [0, 0.1) is 5.82 Å². The molecule has 4 rings (SSSR count). The third kappa shape index (κ3) is 3.25. The Morgan fingerprint density at radius 2 is 1.67 bits per heavy atom. The van der Waals surface area contributed by atoms with Crippen LogP contribution in [0.25, 0.3) is 11.0 Å². The highest BCUT2D eigenvalue weighted by molar-refractivity contribution is 5.97. The Morgan fingerprint density at radius 3 is 2.37 bits per heavy atom. The number of fused-ring (bicyclic) bond motifs is 1. The smallest absolute Gasteiger partial charge is 0.254 e. The van der Waals surface area contributed by atoms with Gasteiger partial charge in [-0.15, -0.1) is 0 Å². The van der Waals surface area contributed by atoms with Gasteiger partial charge in [0.1, 0.15) is 16.9 Å². The highest BCUT2D eigenvalue weighted by Gasteiger charge is 2.24. The summed E-state index contributed by atoms with van der Waals surface area (Å²) in [6.07, 6.45) is 0. The van der Waals surface area contributed by atoms with Crippen molar-refractivity contribution in [2.45, 2.75) is 6.92 Å². The Bertz CT molecular complexity index is 1020. The lowest BCUT2D eigenvalue weighted by Gasteiger charge is -2.36. The predicted molar refractivity (Wildman–Crippen MR) is 98.4 cm³/mol. The molecule has 1 amide bonds. The van der Waals surface area contributed by atoms with Crippen LogP contribution in [0.4, 0.5) is 10.1 Å². The lowest BCUT2D eigenvalue weighted by Crippen LogP contribution is -2.49. The molecule has 0 radical (unpaired) electrons. The zero-order chi connectivity index (χ0) is 19.0. The summed E-state index contributed by atoms with van der Waals surface area (Å²) in [4.78, 5) is 27.7. The van der Waals surface area contributed by atoms with E-state index in [9.17, 15) is 14.0 Å². The van der Waals surface area contributed by atoms with E-state index in [-0.39, 0.29) is 11.7 Å². The van der Waals surface area contributed by atoms with Gasteiger partial charge in [0.05, 0.1) is 5.69 Å². The average molecular weight is 367 g/mol. The minimum absolute atomic E-state index is 0.0769. The molecule has 1 N–H and O–H groups in total. The topological polar surface area (TPSA) is 82.2 Å². The summed E-state index contributed by atoms with van der Waals surface area (Å²) in [6.45, 7) is 3.44. The molecule has 0 unspecified atom stereocenters. The quantitative estimate of drug-likeness (QED) is 0.718. The number of carbonyl (C=O) groups excluding carboxylic acids is 2. The molecule has 0 atom stereocenters. The number of ketones is 1. The fourth-order valence-corrected chi connectivity index (χ4v) is 3.29. The van der Waals surface area contributed by atoms with Crippen molar-refractivity contribution in [3.05, 3.63) is 53.3 Å². The van der Waals surface area contributed by atoms with Gasteiger partial charge in [0, 0.05) is 37.3 Å². The molecule has 7 nitrogen and oxygen atoms in total. The molecule has 1 aromatic heterocycles. The second kappa shape index (κ2) is 6.79. The molecule has 1 aliphatic heterocycles. The Morgan fingerprint density at radius 1 is 0.963 bits per heavy atom. The van der Waals surface area contributed by atoms with Gasteiger partial charge in [-0.25, -0.2) is 4.39 Å². The molecule has 1 saturated heterocycles. The van der Waals surface area contributed by atoms with E-state index < -0.39 is 5.82 Å². The fourth-order valence-electron chi connectivity index (χ4n) is 3.29. The van der Waals surface area contributed by atoms with E-state index in [0.717, 1.165) is 0 Å². The normalized spacial score (nSPS) is 14.6. The van der Waals surface area contributed by atoms with E-state index in [1.54, 1.807) is 35.2 Å². The number of nitrogens with zero attached hydrogens (tertiary/aromatic N) is 4. The standard InChI is InChI=1S/C19H18FN5O2/c1-12(26)13-3-5-18(15(20)10-13)24-6-8-25(9-7-24)19(27)14-2-4-16-17(11-14)22-23-21-16/h2-5,10-11H,6-9H2,1H3,(H,21,22,23). The van der Waals surface area contributed by atoms with E-state index in [4.69, 9.17) is 0 Å². The summed E-state index contributed by atoms with van der Waals surface area (Å²) in [5.41, 5.74) is 2.72. The molecule has 27 heavy (non-hydrogen) atoms. The molecule has 2 aromatic carbocycles. The molecule has 0 aliphatic carbocycles. The van der Waals surface area contributed by atoms with Gasteiger partial charge in [-0.1, -0.05) is 0 Å². The number of Topliss-reactive ketones (excluding diaryl/α,β-unsaturated/α-hetero) is 1. The van der Waals surface area contributed by atoms with Crippen LogP contribution in [0.3, 0.4) is 0 Å². The molecular weight excluding hydrogens is 349 g/mol. The van der Waals surface area contributed by atoms with Gasteiger partial charge in [-0.3, -0.25) is 9.59 Å².